The van der Waals surface area contributed by atoms with E-state index in [-0.39, 0.29) is 12.3 Å². The highest BCUT2D eigenvalue weighted by Gasteiger charge is 2.23. The second-order valence-electron chi connectivity index (χ2n) is 11.2. The van der Waals surface area contributed by atoms with Crippen LogP contribution in [0.4, 0.5) is 0 Å². The quantitative estimate of drug-likeness (QED) is 0.0872. The van der Waals surface area contributed by atoms with Crippen LogP contribution in [0, 0.1) is 0 Å². The SMILES string of the molecule is CCCCCCCCCCCCCCCCCC(=O)N[C@@H](C)C(=O)NCC(=O)N[C@@H](Cc1cnc[nH]1)C(=O)NCC(=O)O. The van der Waals surface area contributed by atoms with Crippen LogP contribution in [-0.2, 0) is 30.4 Å². The minimum Gasteiger partial charge on any atom is -0.480 e. The summed E-state index contributed by atoms with van der Waals surface area (Å²) < 4.78 is 0. The summed E-state index contributed by atoms with van der Waals surface area (Å²) in [6.07, 6.45) is 22.0. The van der Waals surface area contributed by atoms with Crippen molar-refractivity contribution in [2.24, 2.45) is 0 Å². The van der Waals surface area contributed by atoms with Gasteiger partial charge in [0.2, 0.25) is 23.6 Å². The first-order chi connectivity index (χ1) is 20.7. The number of rotatable bonds is 26. The van der Waals surface area contributed by atoms with Crippen molar-refractivity contribution in [1.82, 2.24) is 31.2 Å². The highest BCUT2D eigenvalue weighted by molar-refractivity contribution is 5.93. The van der Waals surface area contributed by atoms with Gasteiger partial charge < -0.3 is 31.4 Å². The van der Waals surface area contributed by atoms with Crippen molar-refractivity contribution in [3.05, 3.63) is 18.2 Å². The molecule has 0 saturated heterocycles. The predicted octanol–water partition coefficient (Wildman–Crippen LogP) is 3.52. The van der Waals surface area contributed by atoms with Gasteiger partial charge in [0.15, 0.2) is 0 Å². The van der Waals surface area contributed by atoms with Gasteiger partial charge in [-0.3, -0.25) is 24.0 Å². The molecule has 0 spiro atoms. The number of nitrogens with one attached hydrogen (secondary N) is 5. The van der Waals surface area contributed by atoms with E-state index in [1.165, 1.54) is 96.5 Å². The van der Waals surface area contributed by atoms with Crippen LogP contribution >= 0.6 is 0 Å². The molecule has 12 nitrogen and oxygen atoms in total. The molecule has 0 fully saturated rings. The molecule has 1 aromatic heterocycles. The Morgan fingerprint density at radius 2 is 1.28 bits per heavy atom. The summed E-state index contributed by atoms with van der Waals surface area (Å²) in [4.78, 5) is 66.9. The molecule has 43 heavy (non-hydrogen) atoms. The molecule has 0 aliphatic rings. The van der Waals surface area contributed by atoms with Crippen LogP contribution in [0.25, 0.3) is 0 Å². The Hall–Kier alpha value is -3.44. The van der Waals surface area contributed by atoms with Gasteiger partial charge >= 0.3 is 5.97 Å². The van der Waals surface area contributed by atoms with Crippen molar-refractivity contribution >= 4 is 29.6 Å². The lowest BCUT2D eigenvalue weighted by Gasteiger charge is -2.18. The number of H-pyrrole nitrogens is 1. The third-order valence-electron chi connectivity index (χ3n) is 7.25. The number of aromatic nitrogens is 2. The zero-order valence-corrected chi connectivity index (χ0v) is 26.2. The number of unbranched alkanes of at least 4 members (excludes halogenated alkanes) is 14. The Morgan fingerprint density at radius 3 is 1.79 bits per heavy atom. The minimum absolute atomic E-state index is 0.0525. The Bertz CT molecular complexity index is 939. The highest BCUT2D eigenvalue weighted by Crippen LogP contribution is 2.13. The normalized spacial score (nSPS) is 12.2. The van der Waals surface area contributed by atoms with E-state index >= 15 is 0 Å². The van der Waals surface area contributed by atoms with Gasteiger partial charge in [0.1, 0.15) is 18.6 Å². The van der Waals surface area contributed by atoms with Gasteiger partial charge in [0.25, 0.3) is 0 Å². The number of carboxylic acid groups (broad SMARTS) is 1. The second-order valence-corrected chi connectivity index (χ2v) is 11.2. The average Bonchev–Trinajstić information content (AvgIpc) is 3.49. The van der Waals surface area contributed by atoms with Gasteiger partial charge in [-0.1, -0.05) is 96.8 Å². The van der Waals surface area contributed by atoms with E-state index in [4.69, 9.17) is 5.11 Å². The number of hydrogen-bond donors (Lipinski definition) is 6. The molecule has 1 heterocycles. The van der Waals surface area contributed by atoms with Crippen LogP contribution < -0.4 is 21.3 Å². The maximum Gasteiger partial charge on any atom is 0.322 e. The minimum atomic E-state index is -1.22. The van der Waals surface area contributed by atoms with Crippen LogP contribution in [0.1, 0.15) is 122 Å². The van der Waals surface area contributed by atoms with Gasteiger partial charge in [-0.05, 0) is 13.3 Å². The van der Waals surface area contributed by atoms with E-state index in [9.17, 15) is 24.0 Å². The first-order valence-electron chi connectivity index (χ1n) is 16.1. The van der Waals surface area contributed by atoms with Gasteiger partial charge in [-0.25, -0.2) is 4.98 Å². The smallest absolute Gasteiger partial charge is 0.322 e. The molecule has 6 N–H and O–H groups in total. The molecule has 2 atom stereocenters. The lowest BCUT2D eigenvalue weighted by molar-refractivity contribution is -0.138. The zero-order chi connectivity index (χ0) is 31.7. The fraction of sp³-hybridized carbons (Fsp3) is 0.742. The monoisotopic (exact) mass is 606 g/mol. The molecule has 0 aliphatic carbocycles. The van der Waals surface area contributed by atoms with Crippen LogP contribution in [-0.4, -0.2) is 69.8 Å². The first-order valence-corrected chi connectivity index (χ1v) is 16.1. The topological polar surface area (TPSA) is 182 Å². The van der Waals surface area contributed by atoms with Crippen molar-refractivity contribution in [1.29, 1.82) is 0 Å². The molecule has 0 radical (unpaired) electrons. The Kier molecular flexibility index (Phi) is 21.0. The average molecular weight is 607 g/mol. The Morgan fingerprint density at radius 1 is 0.744 bits per heavy atom. The summed E-state index contributed by atoms with van der Waals surface area (Å²) in [6.45, 7) is 2.78. The van der Waals surface area contributed by atoms with E-state index in [2.05, 4.69) is 38.2 Å². The van der Waals surface area contributed by atoms with Crippen molar-refractivity contribution < 1.29 is 29.1 Å². The van der Waals surface area contributed by atoms with Gasteiger partial charge in [-0.15, -0.1) is 0 Å². The molecule has 1 rings (SSSR count). The van der Waals surface area contributed by atoms with Crippen LogP contribution in [0.5, 0.6) is 0 Å². The standard InChI is InChI=1S/C31H54N6O6/c1-3-4-5-6-7-8-9-10-11-12-13-14-15-16-17-18-27(38)36-24(2)30(42)33-21-28(39)37-26(19-25-20-32-23-35-25)31(43)34-22-29(40)41/h20,23-24,26H,3-19,21-22H2,1-2H3,(H,32,35)(H,33,42)(H,34,43)(H,36,38)(H,37,39)(H,40,41)/t24-,26-/m0/s1. The van der Waals surface area contributed by atoms with E-state index < -0.39 is 48.9 Å². The number of aromatic amines is 1. The number of amides is 4. The maximum atomic E-state index is 12.4. The highest BCUT2D eigenvalue weighted by atomic mass is 16.4. The fourth-order valence-corrected chi connectivity index (χ4v) is 4.71. The van der Waals surface area contributed by atoms with E-state index in [1.807, 2.05) is 0 Å². The van der Waals surface area contributed by atoms with Gasteiger partial charge in [-0.2, -0.15) is 0 Å². The first kappa shape index (κ1) is 37.6. The van der Waals surface area contributed by atoms with Crippen molar-refractivity contribution in [3.8, 4) is 0 Å². The molecule has 0 unspecified atom stereocenters. The third kappa shape index (κ3) is 20.2. The third-order valence-corrected chi connectivity index (χ3v) is 7.25. The summed E-state index contributed by atoms with van der Waals surface area (Å²) in [6, 6.07) is -1.90. The molecule has 0 aromatic carbocycles. The van der Waals surface area contributed by atoms with Gasteiger partial charge in [0.05, 0.1) is 12.9 Å². The number of carbonyl (C=O) groups is 5. The van der Waals surface area contributed by atoms with E-state index in [0.29, 0.717) is 12.1 Å². The van der Waals surface area contributed by atoms with E-state index in [0.717, 1.165) is 19.3 Å². The summed E-state index contributed by atoms with van der Waals surface area (Å²) in [7, 11) is 0. The van der Waals surface area contributed by atoms with Crippen LogP contribution in [0.2, 0.25) is 0 Å². The molecular weight excluding hydrogens is 552 g/mol. The molecule has 1 aromatic rings. The largest absolute Gasteiger partial charge is 0.480 e. The van der Waals surface area contributed by atoms with Gasteiger partial charge in [0, 0.05) is 24.7 Å². The van der Waals surface area contributed by atoms with Crippen LogP contribution in [0.3, 0.4) is 0 Å². The predicted molar refractivity (Wildman–Crippen MR) is 165 cm³/mol. The number of carboxylic acids is 1. The summed E-state index contributed by atoms with van der Waals surface area (Å²) in [5.74, 6) is -3.28. The zero-order valence-electron chi connectivity index (χ0n) is 26.2. The molecule has 0 saturated carbocycles. The summed E-state index contributed by atoms with van der Waals surface area (Å²) in [5.41, 5.74) is 0.560. The molecule has 4 amide bonds. The number of aliphatic carboxylic acids is 1. The number of nitrogens with zero attached hydrogens (tertiary/aromatic N) is 1. The second kappa shape index (κ2) is 24.0. The lowest BCUT2D eigenvalue weighted by Crippen LogP contribution is -2.52. The lowest BCUT2D eigenvalue weighted by atomic mass is 10.0. The summed E-state index contributed by atoms with van der Waals surface area (Å²) >= 11 is 0. The number of carbonyl (C=O) groups excluding carboxylic acids is 4. The number of hydrogen-bond acceptors (Lipinski definition) is 6. The Labute approximate surface area is 256 Å². The molecule has 244 valence electrons. The van der Waals surface area contributed by atoms with Crippen molar-refractivity contribution in [2.45, 2.75) is 135 Å². The Balaban J connectivity index is 2.15. The molecule has 0 bridgehead atoms. The van der Waals surface area contributed by atoms with Crippen molar-refractivity contribution in [3.63, 3.8) is 0 Å². The van der Waals surface area contributed by atoms with E-state index in [1.54, 1.807) is 0 Å². The molecule has 12 heteroatoms. The van der Waals surface area contributed by atoms with Crippen LogP contribution in [0.15, 0.2) is 12.5 Å². The molecule has 0 aliphatic heterocycles. The summed E-state index contributed by atoms with van der Waals surface area (Å²) in [5, 5.41) is 18.6. The van der Waals surface area contributed by atoms with Crippen molar-refractivity contribution in [2.75, 3.05) is 13.1 Å². The number of imidazole rings is 1. The maximum absolute atomic E-state index is 12.4. The fourth-order valence-electron chi connectivity index (χ4n) is 4.71. The molecular formula is C31H54N6O6.